The maximum absolute atomic E-state index is 13.6. The molecule has 0 bridgehead atoms. The molecule has 1 amide bonds. The number of benzene rings is 5. The fraction of sp³-hybridized carbons (Fsp3) is 0.250. The number of carbonyl (C=O) groups is 1. The van der Waals surface area contributed by atoms with Gasteiger partial charge in [0.05, 0.1) is 23.7 Å². The molecule has 0 aliphatic carbocycles. The molecule has 1 saturated heterocycles. The second-order valence-corrected chi connectivity index (χ2v) is 18.1. The third-order valence-corrected chi connectivity index (χ3v) is 13.2. The highest BCUT2D eigenvalue weighted by Crippen LogP contribution is 2.40. The number of aliphatic hydroxyl groups is 1. The molecule has 57 heavy (non-hydrogen) atoms. The fourth-order valence-corrected chi connectivity index (χ4v) is 9.59. The number of hydrogen-bond donors (Lipinski definition) is 3. The van der Waals surface area contributed by atoms with Crippen molar-refractivity contribution in [2.75, 3.05) is 5.75 Å². The van der Waals surface area contributed by atoms with Gasteiger partial charge in [0.25, 0.3) is 0 Å². The largest absolute Gasteiger partial charge is 0.392 e. The molecule has 3 N–H and O–H groups in total. The molecule has 0 radical (unpaired) electrons. The summed E-state index contributed by atoms with van der Waals surface area (Å²) in [5.41, 5.74) is 7.34. The second kappa shape index (κ2) is 18.7. The zero-order chi connectivity index (χ0) is 39.8. The maximum atomic E-state index is 13.6. The van der Waals surface area contributed by atoms with Crippen molar-refractivity contribution in [2.24, 2.45) is 0 Å². The van der Waals surface area contributed by atoms with Crippen LogP contribution in [0.5, 0.6) is 0 Å². The quantitative estimate of drug-likeness (QED) is 0.0884. The van der Waals surface area contributed by atoms with Crippen molar-refractivity contribution < 1.29 is 27.8 Å². The zero-order valence-corrected chi connectivity index (χ0v) is 34.0. The van der Waals surface area contributed by atoms with E-state index in [0.717, 1.165) is 53.9 Å². The van der Waals surface area contributed by atoms with E-state index in [9.17, 15) is 18.3 Å². The van der Waals surface area contributed by atoms with E-state index >= 15 is 0 Å². The van der Waals surface area contributed by atoms with Crippen molar-refractivity contribution in [3.05, 3.63) is 166 Å². The molecule has 1 aliphatic rings. The molecule has 1 aromatic heterocycles. The molecule has 1 aliphatic heterocycles. The lowest BCUT2D eigenvalue weighted by Gasteiger charge is -2.36. The average molecular weight is 821 g/mol. The number of rotatable bonds is 15. The number of hydrogen-bond acceptors (Lipinski definition) is 10. The van der Waals surface area contributed by atoms with Crippen molar-refractivity contribution >= 4 is 39.0 Å². The van der Waals surface area contributed by atoms with Gasteiger partial charge in [0.2, 0.25) is 15.9 Å². The van der Waals surface area contributed by atoms with Crippen LogP contribution in [-0.4, -0.2) is 47.5 Å². The summed E-state index contributed by atoms with van der Waals surface area (Å²) in [6, 6.07) is 38.7. The number of thioether (sulfide) groups is 1. The average Bonchev–Trinajstić information content (AvgIpc) is 3.67. The number of sulfonamides is 1. The summed E-state index contributed by atoms with van der Waals surface area (Å²) in [5, 5.41) is 21.8. The number of aliphatic hydroxyl groups excluding tert-OH is 1. The van der Waals surface area contributed by atoms with Crippen LogP contribution in [-0.2, 0) is 43.9 Å². The highest BCUT2D eigenvalue weighted by atomic mass is 32.2. The van der Waals surface area contributed by atoms with Crippen LogP contribution in [0.15, 0.2) is 137 Å². The Labute approximate surface area is 341 Å². The van der Waals surface area contributed by atoms with E-state index in [1.54, 1.807) is 47.4 Å². The number of carbonyl (C=O) groups excluding carboxylic acids is 1. The number of nitrogens with one attached hydrogen (secondary N) is 2. The van der Waals surface area contributed by atoms with E-state index < -0.39 is 28.3 Å². The highest BCUT2D eigenvalue weighted by molar-refractivity contribution is 8.01. The summed E-state index contributed by atoms with van der Waals surface area (Å²) in [7, 11) is -3.96. The second-order valence-electron chi connectivity index (χ2n) is 14.0. The molecule has 6 aromatic rings. The molecule has 4 unspecified atom stereocenters. The Morgan fingerprint density at radius 2 is 1.54 bits per heavy atom. The Morgan fingerprint density at radius 3 is 2.25 bits per heavy atom. The number of ether oxygens (including phenoxy) is 2. The lowest BCUT2D eigenvalue weighted by atomic mass is 9.99. The monoisotopic (exact) mass is 820 g/mol. The minimum atomic E-state index is -3.96. The van der Waals surface area contributed by atoms with Crippen molar-refractivity contribution in [1.29, 1.82) is 0 Å². The van der Waals surface area contributed by atoms with E-state index in [4.69, 9.17) is 9.47 Å². The molecule has 4 atom stereocenters. The smallest absolute Gasteiger partial charge is 0.241 e. The van der Waals surface area contributed by atoms with Crippen LogP contribution < -0.4 is 10.0 Å². The van der Waals surface area contributed by atoms with Crippen LogP contribution >= 0.6 is 23.1 Å². The third-order valence-electron chi connectivity index (χ3n) is 9.65. The molecule has 0 spiro atoms. The summed E-state index contributed by atoms with van der Waals surface area (Å²) in [6.45, 7) is 4.02. The Bertz CT molecular complexity index is 2360. The van der Waals surface area contributed by atoms with E-state index in [0.29, 0.717) is 12.2 Å². The summed E-state index contributed by atoms with van der Waals surface area (Å²) in [5.74, 6) is 0.279. The Morgan fingerprint density at radius 1 is 0.825 bits per heavy atom. The van der Waals surface area contributed by atoms with Gasteiger partial charge in [0.15, 0.2) is 10.6 Å². The van der Waals surface area contributed by atoms with Gasteiger partial charge in [0, 0.05) is 24.3 Å². The molecule has 7 rings (SSSR count). The lowest BCUT2D eigenvalue weighted by Crippen LogP contribution is -2.47. The van der Waals surface area contributed by atoms with Crippen molar-refractivity contribution in [3.63, 3.8) is 0 Å². The number of aryl methyl sites for hydroxylation is 2. The first-order valence-electron chi connectivity index (χ1n) is 18.7. The topological polar surface area (TPSA) is 140 Å². The zero-order valence-electron chi connectivity index (χ0n) is 31.6. The van der Waals surface area contributed by atoms with Gasteiger partial charge in [-0.2, -0.15) is 4.72 Å². The highest BCUT2D eigenvalue weighted by Gasteiger charge is 2.33. The van der Waals surface area contributed by atoms with Gasteiger partial charge >= 0.3 is 0 Å². The van der Waals surface area contributed by atoms with Crippen molar-refractivity contribution in [2.45, 2.75) is 73.6 Å². The van der Waals surface area contributed by atoms with Gasteiger partial charge in [0.1, 0.15) is 11.0 Å². The standard InChI is InChI=1S/C44H44N4O6S3/c1-29-11-21-39(22-12-29)57(51,52)48-40(24-31-7-4-3-5-8-31)42(50)45-26-33-9-6-10-37(23-33)34-17-19-36(20-18-34)43-53-38(28-55-44-47-46-30(2)56-44)25-41(54-43)35-15-13-32(27-49)14-16-35/h3-23,38,40-41,43,48-49H,24-28H2,1-2H3,(H,45,50). The minimum absolute atomic E-state index is 0.0178. The maximum Gasteiger partial charge on any atom is 0.241 e. The molecule has 1 fully saturated rings. The van der Waals surface area contributed by atoms with Crippen LogP contribution in [0, 0.1) is 13.8 Å². The van der Waals surface area contributed by atoms with Crippen LogP contribution in [0.1, 0.15) is 57.2 Å². The summed E-state index contributed by atoms with van der Waals surface area (Å²) >= 11 is 3.20. The van der Waals surface area contributed by atoms with Crippen LogP contribution in [0.4, 0.5) is 0 Å². The molecule has 294 valence electrons. The molecular formula is C44H44N4O6S3. The van der Waals surface area contributed by atoms with Crippen molar-refractivity contribution in [3.8, 4) is 11.1 Å². The first kappa shape index (κ1) is 40.5. The number of amides is 1. The number of aromatic nitrogens is 2. The van der Waals surface area contributed by atoms with E-state index in [1.165, 1.54) is 0 Å². The predicted octanol–water partition coefficient (Wildman–Crippen LogP) is 7.86. The Balaban J connectivity index is 1.03. The van der Waals surface area contributed by atoms with Gasteiger partial charge in [-0.25, -0.2) is 8.42 Å². The SMILES string of the molecule is Cc1ccc(S(=O)(=O)NC(Cc2ccccc2)C(=O)NCc2cccc(-c3ccc(C4OC(CSc5nnc(C)s5)CC(c5ccc(CO)cc5)O4)cc3)c2)cc1. The Hall–Kier alpha value is -4.73. The van der Waals surface area contributed by atoms with Crippen LogP contribution in [0.3, 0.4) is 0 Å². The van der Waals surface area contributed by atoms with Gasteiger partial charge in [-0.15, -0.1) is 10.2 Å². The Kier molecular flexibility index (Phi) is 13.3. The summed E-state index contributed by atoms with van der Waals surface area (Å²) in [6.07, 6.45) is -0.0248. The minimum Gasteiger partial charge on any atom is -0.392 e. The van der Waals surface area contributed by atoms with E-state index in [2.05, 4.69) is 20.2 Å². The normalized spacial score (nSPS) is 17.6. The molecule has 2 heterocycles. The van der Waals surface area contributed by atoms with Gasteiger partial charge in [-0.1, -0.05) is 138 Å². The molecule has 0 saturated carbocycles. The number of nitrogens with zero attached hydrogens (tertiary/aromatic N) is 2. The van der Waals surface area contributed by atoms with E-state index in [1.807, 2.05) is 117 Å². The van der Waals surface area contributed by atoms with E-state index in [-0.39, 0.29) is 36.7 Å². The molecular weight excluding hydrogens is 777 g/mol. The van der Waals surface area contributed by atoms with Crippen LogP contribution in [0.25, 0.3) is 11.1 Å². The fourth-order valence-electron chi connectivity index (χ4n) is 6.54. The van der Waals surface area contributed by atoms with Gasteiger partial charge in [-0.05, 0) is 71.8 Å². The third kappa shape index (κ3) is 10.8. The molecule has 5 aromatic carbocycles. The molecule has 10 nitrogen and oxygen atoms in total. The van der Waals surface area contributed by atoms with Gasteiger partial charge < -0.3 is 19.9 Å². The van der Waals surface area contributed by atoms with Crippen molar-refractivity contribution in [1.82, 2.24) is 20.2 Å². The summed E-state index contributed by atoms with van der Waals surface area (Å²) < 4.78 is 43.3. The molecule has 13 heteroatoms. The first-order chi connectivity index (χ1) is 27.6. The lowest BCUT2D eigenvalue weighted by molar-refractivity contribution is -0.245. The van der Waals surface area contributed by atoms with Gasteiger partial charge in [-0.3, -0.25) is 4.79 Å². The van der Waals surface area contributed by atoms with Crippen LogP contribution in [0.2, 0.25) is 0 Å². The predicted molar refractivity (Wildman–Crippen MR) is 223 cm³/mol. The summed E-state index contributed by atoms with van der Waals surface area (Å²) in [4.78, 5) is 13.7. The first-order valence-corrected chi connectivity index (χ1v) is 21.9.